The van der Waals surface area contributed by atoms with Gasteiger partial charge in [-0.3, -0.25) is 0 Å². The third kappa shape index (κ3) is 5.35. The standard InChI is InChI=1S/C32H31IN5O2/c1-21(23-10-7-13-26(18-23)40-25-11-3-2-4-12-25)32(39)29-31-27(15-17-35-31)30(37-33-29)24-19-36-38(20-24)28(14-16-34)22-8-5-6-9-22/h2-4,7,10-13,15,17-22,28-29,35H,5-6,8-9,14H2,1H3/q-1/t21?,28-,29?/m1/s1. The molecule has 0 saturated heterocycles. The predicted molar refractivity (Wildman–Crippen MR) is 149 cm³/mol. The summed E-state index contributed by atoms with van der Waals surface area (Å²) in [6, 6.07) is 21.9. The molecule has 40 heavy (non-hydrogen) atoms. The minimum atomic E-state index is -0.831. The fraction of sp³-hybridized carbons (Fsp3) is 0.312. The first-order chi connectivity index (χ1) is 19.6. The van der Waals surface area contributed by atoms with Crippen LogP contribution in [0.15, 0.2) is 82.5 Å². The van der Waals surface area contributed by atoms with Gasteiger partial charge in [0.25, 0.3) is 0 Å². The van der Waals surface area contributed by atoms with Gasteiger partial charge in [0.1, 0.15) is 0 Å². The molecule has 1 N–H and O–H groups in total. The number of benzene rings is 2. The molecule has 3 atom stereocenters. The van der Waals surface area contributed by atoms with Crippen LogP contribution in [0.1, 0.15) is 77.3 Å². The van der Waals surface area contributed by atoms with Crippen molar-refractivity contribution in [2.45, 2.75) is 54.9 Å². The van der Waals surface area contributed by atoms with Crippen molar-refractivity contribution in [2.75, 3.05) is 0 Å². The zero-order chi connectivity index (χ0) is 27.5. The minimum absolute atomic E-state index is 0.0997. The molecule has 2 unspecified atom stereocenters. The van der Waals surface area contributed by atoms with E-state index in [-0.39, 0.29) is 21.7 Å². The number of Topliss-reactive ketones (excluding diaryl/α,β-unsaturated/α-hetero) is 1. The zero-order valence-corrected chi connectivity index (χ0v) is 24.5. The van der Waals surface area contributed by atoms with Gasteiger partial charge in [-0.25, -0.2) is 0 Å². The first-order valence-corrected chi connectivity index (χ1v) is 16.0. The molecule has 4 aromatic rings. The molecule has 204 valence electrons. The molecule has 0 bridgehead atoms. The number of halogens is 1. The van der Waals surface area contributed by atoms with Crippen LogP contribution in [-0.4, -0.2) is 26.3 Å². The number of fused-ring (bicyclic) bond motifs is 1. The molecule has 8 heteroatoms. The fourth-order valence-corrected chi connectivity index (χ4v) is 8.50. The Morgan fingerprint density at radius 1 is 1.15 bits per heavy atom. The fourth-order valence-electron chi connectivity index (χ4n) is 5.79. The third-order valence-electron chi connectivity index (χ3n) is 7.99. The van der Waals surface area contributed by atoms with E-state index in [1.54, 1.807) is 0 Å². The Morgan fingerprint density at radius 3 is 2.75 bits per heavy atom. The molecule has 2 aliphatic rings. The SMILES string of the molecule is CC(C(=O)C1[I-]N=C(c2cnn([C@H](CC#N)C3CCCC3)c2)c2cc[nH]c21)c1cccc(Oc2ccccc2)c1. The van der Waals surface area contributed by atoms with E-state index in [2.05, 4.69) is 16.2 Å². The number of rotatable bonds is 9. The van der Waals surface area contributed by atoms with Gasteiger partial charge in [-0.05, 0) is 0 Å². The zero-order valence-electron chi connectivity index (χ0n) is 22.3. The number of aromatic amines is 1. The second kappa shape index (κ2) is 11.8. The van der Waals surface area contributed by atoms with Crippen molar-refractivity contribution >= 4 is 11.5 Å². The summed E-state index contributed by atoms with van der Waals surface area (Å²) in [5.74, 6) is 1.85. The number of nitrogens with zero attached hydrogens (tertiary/aromatic N) is 4. The normalized spacial score (nSPS) is 18.6. The van der Waals surface area contributed by atoms with Crippen LogP contribution in [0.2, 0.25) is 0 Å². The molecule has 6 rings (SSSR count). The molecular formula is C32H31IN5O2-. The monoisotopic (exact) mass is 644 g/mol. The quantitative estimate of drug-likeness (QED) is 0.221. The summed E-state index contributed by atoms with van der Waals surface area (Å²) in [6.45, 7) is 1.97. The van der Waals surface area contributed by atoms with Gasteiger partial charge in [-0.15, -0.1) is 0 Å². The Hall–Kier alpha value is -3.71. The van der Waals surface area contributed by atoms with Crippen LogP contribution in [0.5, 0.6) is 11.5 Å². The van der Waals surface area contributed by atoms with Crippen LogP contribution in [0.25, 0.3) is 0 Å². The maximum absolute atomic E-state index is 13.8. The van der Waals surface area contributed by atoms with Crippen LogP contribution >= 0.6 is 0 Å². The van der Waals surface area contributed by atoms with E-state index in [1.807, 2.05) is 90.9 Å². The number of hydrogen-bond acceptors (Lipinski definition) is 5. The molecule has 0 spiro atoms. The average Bonchev–Trinajstić information content (AvgIpc) is 3.78. The summed E-state index contributed by atoms with van der Waals surface area (Å²) in [7, 11) is 0. The van der Waals surface area contributed by atoms with Crippen molar-refractivity contribution < 1.29 is 31.0 Å². The molecular weight excluding hydrogens is 613 g/mol. The maximum atomic E-state index is 13.8. The molecule has 3 heterocycles. The molecule has 7 nitrogen and oxygen atoms in total. The number of nitrogens with one attached hydrogen (secondary N) is 1. The Bertz CT molecular complexity index is 1560. The summed E-state index contributed by atoms with van der Waals surface area (Å²) in [5.41, 5.74) is 4.69. The van der Waals surface area contributed by atoms with Gasteiger partial charge in [0, 0.05) is 0 Å². The summed E-state index contributed by atoms with van der Waals surface area (Å²) in [6.07, 6.45) is 11.0. The number of ether oxygens (including phenoxy) is 1. The Labute approximate surface area is 244 Å². The number of hydrogen-bond donors (Lipinski definition) is 1. The van der Waals surface area contributed by atoms with E-state index in [1.165, 1.54) is 12.8 Å². The van der Waals surface area contributed by atoms with Gasteiger partial charge in [0.2, 0.25) is 0 Å². The van der Waals surface area contributed by atoms with Crippen molar-refractivity contribution in [3.8, 4) is 17.6 Å². The molecule has 1 aliphatic carbocycles. The molecule has 1 aliphatic heterocycles. The van der Waals surface area contributed by atoms with E-state index in [4.69, 9.17) is 7.94 Å². The Balaban J connectivity index is 1.21. The van der Waals surface area contributed by atoms with Gasteiger partial charge < -0.3 is 0 Å². The van der Waals surface area contributed by atoms with Crippen LogP contribution in [0.4, 0.5) is 0 Å². The van der Waals surface area contributed by atoms with Crippen molar-refractivity contribution in [3.05, 3.63) is 102 Å². The molecule has 0 radical (unpaired) electrons. The van der Waals surface area contributed by atoms with Crippen molar-refractivity contribution in [1.82, 2.24) is 14.8 Å². The number of alkyl halides is 1. The summed E-state index contributed by atoms with van der Waals surface area (Å²) in [5, 5.41) is 14.1. The second-order valence-electron chi connectivity index (χ2n) is 10.5. The number of para-hydroxylation sites is 1. The van der Waals surface area contributed by atoms with Gasteiger partial charge in [0.15, 0.2) is 0 Å². The second-order valence-corrected chi connectivity index (χ2v) is 12.8. The Morgan fingerprint density at radius 2 is 1.95 bits per heavy atom. The molecule has 1 saturated carbocycles. The predicted octanol–water partition coefficient (Wildman–Crippen LogP) is 3.92. The molecule has 2 aromatic heterocycles. The Kier molecular flexibility index (Phi) is 7.82. The molecule has 1 fully saturated rings. The third-order valence-corrected chi connectivity index (χ3v) is 10.5. The molecule has 2 aromatic carbocycles. The van der Waals surface area contributed by atoms with Gasteiger partial charge in [0.05, 0.1) is 0 Å². The van der Waals surface area contributed by atoms with Crippen molar-refractivity contribution in [1.29, 1.82) is 5.26 Å². The first kappa shape index (κ1) is 26.5. The number of nitriles is 1. The van der Waals surface area contributed by atoms with Crippen LogP contribution in [-0.2, 0) is 4.79 Å². The number of carbonyl (C=O) groups excluding carboxylic acids is 1. The van der Waals surface area contributed by atoms with Crippen LogP contribution < -0.4 is 26.2 Å². The van der Waals surface area contributed by atoms with E-state index in [9.17, 15) is 10.1 Å². The van der Waals surface area contributed by atoms with Crippen LogP contribution in [0.3, 0.4) is 0 Å². The van der Waals surface area contributed by atoms with Gasteiger partial charge >= 0.3 is 246 Å². The van der Waals surface area contributed by atoms with Crippen molar-refractivity contribution in [2.24, 2.45) is 9.12 Å². The van der Waals surface area contributed by atoms with Gasteiger partial charge in [-0.1, -0.05) is 0 Å². The summed E-state index contributed by atoms with van der Waals surface area (Å²) >= 11 is -0.831. The molecule has 0 amide bonds. The number of H-pyrrole nitrogens is 1. The van der Waals surface area contributed by atoms with E-state index in [0.29, 0.717) is 18.1 Å². The summed E-state index contributed by atoms with van der Waals surface area (Å²) < 4.78 is 12.8. The number of aromatic nitrogens is 3. The van der Waals surface area contributed by atoms with E-state index in [0.717, 1.165) is 46.7 Å². The summed E-state index contributed by atoms with van der Waals surface area (Å²) in [4.78, 5) is 17.2. The van der Waals surface area contributed by atoms with Crippen molar-refractivity contribution in [3.63, 3.8) is 0 Å². The number of ketones is 1. The van der Waals surface area contributed by atoms with Crippen LogP contribution in [0, 0.1) is 17.2 Å². The van der Waals surface area contributed by atoms with E-state index >= 15 is 0 Å². The van der Waals surface area contributed by atoms with E-state index < -0.39 is 21.5 Å². The average molecular weight is 645 g/mol. The topological polar surface area (TPSA) is 96.1 Å². The number of carbonyl (C=O) groups is 1. The first-order valence-electron chi connectivity index (χ1n) is 13.8. The van der Waals surface area contributed by atoms with Gasteiger partial charge in [-0.2, -0.15) is 0 Å².